The van der Waals surface area contributed by atoms with E-state index in [9.17, 15) is 16.8 Å². The minimum atomic E-state index is -3.92. The summed E-state index contributed by atoms with van der Waals surface area (Å²) in [7, 11) is -6.29. The van der Waals surface area contributed by atoms with E-state index in [4.69, 9.17) is 4.74 Å². The van der Waals surface area contributed by atoms with Gasteiger partial charge in [0.2, 0.25) is 5.88 Å². The Morgan fingerprint density at radius 1 is 0.786 bits per heavy atom. The van der Waals surface area contributed by atoms with Gasteiger partial charge in [-0.1, -0.05) is 18.2 Å². The molecule has 0 aliphatic heterocycles. The molecule has 0 radical (unpaired) electrons. The molecule has 0 spiro atoms. The number of nitrogens with zero attached hydrogens (tertiary/aromatic N) is 2. The third-order valence-electron chi connectivity index (χ3n) is 3.56. The highest BCUT2D eigenvalue weighted by molar-refractivity contribution is 7.93. The molecule has 0 unspecified atom stereocenters. The Labute approximate surface area is 162 Å². The lowest BCUT2D eigenvalue weighted by atomic mass is 10.3. The quantitative estimate of drug-likeness (QED) is 0.599. The minimum absolute atomic E-state index is 0.0423. The van der Waals surface area contributed by atoms with Crippen LogP contribution in [0.25, 0.3) is 0 Å². The Morgan fingerprint density at radius 3 is 2.04 bits per heavy atom. The zero-order valence-corrected chi connectivity index (χ0v) is 16.2. The van der Waals surface area contributed by atoms with Crippen LogP contribution in [0.5, 0.6) is 5.88 Å². The van der Waals surface area contributed by atoms with Crippen LogP contribution in [0.4, 0.5) is 11.5 Å². The summed E-state index contributed by atoms with van der Waals surface area (Å²) < 4.78 is 59.2. The minimum Gasteiger partial charge on any atom is -0.481 e. The Bertz CT molecular complexity index is 1170. The number of anilines is 2. The summed E-state index contributed by atoms with van der Waals surface area (Å²) in [6.45, 7) is 0. The molecular formula is C17H16N4O5S2. The third kappa shape index (κ3) is 4.56. The van der Waals surface area contributed by atoms with Gasteiger partial charge in [-0.3, -0.25) is 9.44 Å². The van der Waals surface area contributed by atoms with Crippen molar-refractivity contribution in [3.63, 3.8) is 0 Å². The van der Waals surface area contributed by atoms with Crippen molar-refractivity contribution >= 4 is 31.6 Å². The van der Waals surface area contributed by atoms with Crippen LogP contribution >= 0.6 is 0 Å². The number of aromatic nitrogens is 2. The van der Waals surface area contributed by atoms with E-state index in [-0.39, 0.29) is 27.2 Å². The molecule has 0 bridgehead atoms. The fraction of sp³-hybridized carbons (Fsp3) is 0.0588. The maximum atomic E-state index is 12.5. The monoisotopic (exact) mass is 420 g/mol. The maximum Gasteiger partial charge on any atom is 0.263 e. The lowest BCUT2D eigenvalue weighted by molar-refractivity contribution is 0.397. The molecule has 0 saturated carbocycles. The molecule has 2 N–H and O–H groups in total. The van der Waals surface area contributed by atoms with Crippen LogP contribution in [0, 0.1) is 0 Å². The number of sulfonamides is 2. The first kappa shape index (κ1) is 19.6. The Balaban J connectivity index is 1.78. The van der Waals surface area contributed by atoms with E-state index >= 15 is 0 Å². The lowest BCUT2D eigenvalue weighted by Gasteiger charge is -2.10. The predicted molar refractivity (Wildman–Crippen MR) is 103 cm³/mol. The van der Waals surface area contributed by atoms with Gasteiger partial charge in [0.05, 0.1) is 16.9 Å². The van der Waals surface area contributed by atoms with Crippen LogP contribution in [0.2, 0.25) is 0 Å². The predicted octanol–water partition coefficient (Wildman–Crippen LogP) is 2.09. The van der Waals surface area contributed by atoms with Crippen LogP contribution < -0.4 is 14.2 Å². The summed E-state index contributed by atoms with van der Waals surface area (Å²) in [4.78, 5) is 7.66. The average Bonchev–Trinajstić information content (AvgIpc) is 2.68. The molecule has 1 heterocycles. The first-order valence-electron chi connectivity index (χ1n) is 7.87. The van der Waals surface area contributed by atoms with Crippen molar-refractivity contribution in [2.24, 2.45) is 0 Å². The Morgan fingerprint density at radius 2 is 1.39 bits per heavy atom. The summed E-state index contributed by atoms with van der Waals surface area (Å²) in [5.41, 5.74) is 0.228. The molecule has 28 heavy (non-hydrogen) atoms. The smallest absolute Gasteiger partial charge is 0.263 e. The maximum absolute atomic E-state index is 12.5. The zero-order valence-electron chi connectivity index (χ0n) is 14.6. The first-order valence-corrected chi connectivity index (χ1v) is 10.8. The SMILES string of the molecule is COc1cc(NS(=O)(=O)c2ccc(NS(=O)(=O)c3ccccc3)cc2)ncn1. The van der Waals surface area contributed by atoms with E-state index in [1.54, 1.807) is 18.2 Å². The number of hydrogen-bond donors (Lipinski definition) is 2. The van der Waals surface area contributed by atoms with Crippen molar-refractivity contribution in [2.75, 3.05) is 16.6 Å². The molecule has 9 nitrogen and oxygen atoms in total. The normalized spacial score (nSPS) is 11.6. The van der Waals surface area contributed by atoms with Gasteiger partial charge in [0.25, 0.3) is 20.0 Å². The molecule has 0 aliphatic rings. The molecule has 0 aliphatic carbocycles. The summed E-state index contributed by atoms with van der Waals surface area (Å²) >= 11 is 0. The summed E-state index contributed by atoms with van der Waals surface area (Å²) in [6.07, 6.45) is 1.16. The highest BCUT2D eigenvalue weighted by Gasteiger charge is 2.17. The van der Waals surface area contributed by atoms with Gasteiger partial charge in [-0.2, -0.15) is 0 Å². The number of nitrogens with one attached hydrogen (secondary N) is 2. The van der Waals surface area contributed by atoms with E-state index in [1.807, 2.05) is 0 Å². The van der Waals surface area contributed by atoms with Gasteiger partial charge in [0.15, 0.2) is 0 Å². The fourth-order valence-electron chi connectivity index (χ4n) is 2.22. The van der Waals surface area contributed by atoms with Crippen molar-refractivity contribution in [1.82, 2.24) is 9.97 Å². The number of rotatable bonds is 7. The van der Waals surface area contributed by atoms with Gasteiger partial charge >= 0.3 is 0 Å². The summed E-state index contributed by atoms with van der Waals surface area (Å²) in [5.74, 6) is 0.249. The molecule has 0 amide bonds. The second-order valence-electron chi connectivity index (χ2n) is 5.49. The second kappa shape index (κ2) is 7.82. The highest BCUT2D eigenvalue weighted by Crippen LogP contribution is 2.20. The average molecular weight is 420 g/mol. The number of benzene rings is 2. The summed E-state index contributed by atoms with van der Waals surface area (Å²) in [6, 6.07) is 14.5. The fourth-order valence-corrected chi connectivity index (χ4v) is 4.30. The van der Waals surface area contributed by atoms with E-state index in [0.717, 1.165) is 6.33 Å². The Kier molecular flexibility index (Phi) is 5.47. The molecular weight excluding hydrogens is 404 g/mol. The van der Waals surface area contributed by atoms with Gasteiger partial charge < -0.3 is 4.74 Å². The summed E-state index contributed by atoms with van der Waals surface area (Å²) in [5, 5.41) is 0. The van der Waals surface area contributed by atoms with Crippen LogP contribution in [-0.2, 0) is 20.0 Å². The van der Waals surface area contributed by atoms with Crippen molar-refractivity contribution in [2.45, 2.75) is 9.79 Å². The third-order valence-corrected chi connectivity index (χ3v) is 6.33. The van der Waals surface area contributed by atoms with E-state index < -0.39 is 20.0 Å². The van der Waals surface area contributed by atoms with Crippen LogP contribution in [-0.4, -0.2) is 33.9 Å². The lowest BCUT2D eigenvalue weighted by Crippen LogP contribution is -2.15. The molecule has 3 rings (SSSR count). The second-order valence-corrected chi connectivity index (χ2v) is 8.86. The van der Waals surface area contributed by atoms with Gasteiger partial charge in [0, 0.05) is 11.8 Å². The van der Waals surface area contributed by atoms with Crippen LogP contribution in [0.15, 0.2) is 76.8 Å². The van der Waals surface area contributed by atoms with E-state index in [1.165, 1.54) is 49.6 Å². The number of hydrogen-bond acceptors (Lipinski definition) is 7. The molecule has 3 aromatic rings. The van der Waals surface area contributed by atoms with Gasteiger partial charge in [-0.15, -0.1) is 0 Å². The zero-order chi connectivity index (χ0) is 20.2. The van der Waals surface area contributed by atoms with Gasteiger partial charge in [0.1, 0.15) is 12.1 Å². The number of ether oxygens (including phenoxy) is 1. The molecule has 146 valence electrons. The van der Waals surface area contributed by atoms with E-state index in [0.29, 0.717) is 0 Å². The van der Waals surface area contributed by atoms with Gasteiger partial charge in [-0.05, 0) is 36.4 Å². The molecule has 0 atom stereocenters. The molecule has 0 saturated heterocycles. The van der Waals surface area contributed by atoms with Crippen molar-refractivity contribution in [1.29, 1.82) is 0 Å². The van der Waals surface area contributed by atoms with Gasteiger partial charge in [-0.25, -0.2) is 26.8 Å². The molecule has 0 fully saturated rings. The largest absolute Gasteiger partial charge is 0.481 e. The standard InChI is InChI=1S/C17H16N4O5S2/c1-26-17-11-16(18-12-19-17)21-28(24,25)15-9-7-13(8-10-15)20-27(22,23)14-5-3-2-4-6-14/h2-12,20H,1H3,(H,18,19,21). The Hall–Kier alpha value is -3.18. The first-order chi connectivity index (χ1) is 13.3. The molecule has 1 aromatic heterocycles. The molecule has 2 aromatic carbocycles. The van der Waals surface area contributed by atoms with E-state index in [2.05, 4.69) is 19.4 Å². The molecule has 11 heteroatoms. The van der Waals surface area contributed by atoms with Crippen molar-refractivity contribution in [3.8, 4) is 5.88 Å². The van der Waals surface area contributed by atoms with Crippen molar-refractivity contribution < 1.29 is 21.6 Å². The van der Waals surface area contributed by atoms with Crippen LogP contribution in [0.1, 0.15) is 0 Å². The van der Waals surface area contributed by atoms with Crippen molar-refractivity contribution in [3.05, 3.63) is 67.0 Å². The van der Waals surface area contributed by atoms with Crippen LogP contribution in [0.3, 0.4) is 0 Å². The topological polar surface area (TPSA) is 127 Å². The highest BCUT2D eigenvalue weighted by atomic mass is 32.2. The number of methoxy groups -OCH3 is 1.